The number of oxime groups is 1. The quantitative estimate of drug-likeness (QED) is 0.465. The minimum absolute atomic E-state index is 0.203. The van der Waals surface area contributed by atoms with Gasteiger partial charge >= 0.3 is 5.97 Å². The van der Waals surface area contributed by atoms with E-state index in [2.05, 4.69) is 5.16 Å². The summed E-state index contributed by atoms with van der Waals surface area (Å²) in [5, 5.41) is 12.3. The third kappa shape index (κ3) is 3.86. The highest BCUT2D eigenvalue weighted by Gasteiger charge is 2.14. The number of ether oxygens (including phenoxy) is 3. The second-order valence-electron chi connectivity index (χ2n) is 4.28. The van der Waals surface area contributed by atoms with Crippen molar-refractivity contribution in [3.63, 3.8) is 0 Å². The summed E-state index contributed by atoms with van der Waals surface area (Å²) >= 11 is 0. The summed E-state index contributed by atoms with van der Waals surface area (Å²) in [4.78, 5) is 16.2. The molecule has 1 aliphatic heterocycles. The molecule has 1 atom stereocenters. The summed E-state index contributed by atoms with van der Waals surface area (Å²) in [6.45, 7) is 3.06. The molecule has 1 unspecified atom stereocenters. The summed E-state index contributed by atoms with van der Waals surface area (Å²) < 4.78 is 15.2. The van der Waals surface area contributed by atoms with Crippen LogP contribution in [0.15, 0.2) is 23.4 Å². The number of benzene rings is 1. The number of rotatable bonds is 5. The van der Waals surface area contributed by atoms with Gasteiger partial charge in [0.05, 0.1) is 5.71 Å². The second kappa shape index (κ2) is 6.61. The molecule has 0 N–H and O–H groups in total. The Kier molecular flexibility index (Phi) is 4.61. The number of fused-ring (bicyclic) bond motifs is 1. The lowest BCUT2D eigenvalue weighted by atomic mass is 10.1. The molecule has 21 heavy (non-hydrogen) atoms. The topological polar surface area (TPSA) is 90.1 Å². The smallest absolute Gasteiger partial charge is 0.348 e. The Bertz CT molecular complexity index is 606. The van der Waals surface area contributed by atoms with Crippen LogP contribution in [0.1, 0.15) is 19.4 Å². The van der Waals surface area contributed by atoms with Crippen LogP contribution in [0.4, 0.5) is 0 Å². The monoisotopic (exact) mass is 290 g/mol. The lowest BCUT2D eigenvalue weighted by Gasteiger charge is -2.05. The molecule has 1 aliphatic rings. The van der Waals surface area contributed by atoms with E-state index >= 15 is 0 Å². The summed E-state index contributed by atoms with van der Waals surface area (Å²) in [6, 6.07) is 7.15. The van der Waals surface area contributed by atoms with Gasteiger partial charge in [-0.25, -0.2) is 4.79 Å². The van der Waals surface area contributed by atoms with E-state index in [4.69, 9.17) is 24.3 Å². The molecule has 1 aromatic rings. The van der Waals surface area contributed by atoms with Crippen LogP contribution in [0.3, 0.4) is 0 Å². The van der Waals surface area contributed by atoms with Crippen molar-refractivity contribution in [1.29, 1.82) is 5.26 Å². The van der Waals surface area contributed by atoms with Crippen molar-refractivity contribution in [3.8, 4) is 17.6 Å². The van der Waals surface area contributed by atoms with Gasteiger partial charge in [0.25, 0.3) is 0 Å². The van der Waals surface area contributed by atoms with Crippen LogP contribution >= 0.6 is 0 Å². The number of carbonyl (C=O) groups is 1. The molecule has 0 bridgehead atoms. The summed E-state index contributed by atoms with van der Waals surface area (Å²) in [6.07, 6.45) is -0.806. The molecule has 0 amide bonds. The maximum absolute atomic E-state index is 11.3. The van der Waals surface area contributed by atoms with E-state index in [1.807, 2.05) is 6.07 Å². The van der Waals surface area contributed by atoms with Crippen molar-refractivity contribution < 1.29 is 23.8 Å². The van der Waals surface area contributed by atoms with Gasteiger partial charge in [-0.2, -0.15) is 5.26 Å². The SMILES string of the molecule is C/C(=N/OCC(=O)OC(C)C#N)c1ccc2c(c1)OCO2. The number of hydrogen-bond acceptors (Lipinski definition) is 7. The molecule has 0 saturated heterocycles. The van der Waals surface area contributed by atoms with Crippen LogP contribution in [0.25, 0.3) is 0 Å². The molecule has 1 aromatic carbocycles. The number of esters is 1. The van der Waals surface area contributed by atoms with Gasteiger partial charge in [0.1, 0.15) is 6.07 Å². The highest BCUT2D eigenvalue weighted by Crippen LogP contribution is 2.32. The predicted octanol–water partition coefficient (Wildman–Crippen LogP) is 1.61. The maximum Gasteiger partial charge on any atom is 0.348 e. The van der Waals surface area contributed by atoms with Crippen molar-refractivity contribution in [2.75, 3.05) is 13.4 Å². The van der Waals surface area contributed by atoms with Crippen LogP contribution in [-0.2, 0) is 14.4 Å². The highest BCUT2D eigenvalue weighted by molar-refractivity contribution is 5.99. The zero-order valence-corrected chi connectivity index (χ0v) is 11.7. The Labute approximate surface area is 121 Å². The fraction of sp³-hybridized carbons (Fsp3) is 0.357. The Balaban J connectivity index is 1.90. The highest BCUT2D eigenvalue weighted by atomic mass is 16.7. The average molecular weight is 290 g/mol. The summed E-state index contributed by atoms with van der Waals surface area (Å²) in [5.74, 6) is 0.678. The van der Waals surface area contributed by atoms with Crippen LogP contribution in [0.5, 0.6) is 11.5 Å². The number of nitriles is 1. The van der Waals surface area contributed by atoms with Crippen molar-refractivity contribution >= 4 is 11.7 Å². The number of hydrogen-bond donors (Lipinski definition) is 0. The molecule has 2 rings (SSSR count). The van der Waals surface area contributed by atoms with E-state index in [-0.39, 0.29) is 13.4 Å². The van der Waals surface area contributed by atoms with E-state index in [1.54, 1.807) is 25.1 Å². The van der Waals surface area contributed by atoms with Crippen LogP contribution in [0, 0.1) is 11.3 Å². The predicted molar refractivity (Wildman–Crippen MR) is 71.9 cm³/mol. The molecule has 0 aromatic heterocycles. The normalized spacial score (nSPS) is 14.2. The standard InChI is InChI=1S/C14H14N2O5/c1-9(6-15)21-14(17)7-20-16-10(2)11-3-4-12-13(5-11)19-8-18-12/h3-5,9H,7-8H2,1-2H3/b16-10-. The van der Waals surface area contributed by atoms with Crippen molar-refractivity contribution in [1.82, 2.24) is 0 Å². The fourth-order valence-electron chi connectivity index (χ4n) is 1.61. The maximum atomic E-state index is 11.3. The van der Waals surface area contributed by atoms with E-state index in [0.717, 1.165) is 5.56 Å². The zero-order valence-electron chi connectivity index (χ0n) is 11.7. The van der Waals surface area contributed by atoms with Gasteiger partial charge < -0.3 is 19.0 Å². The van der Waals surface area contributed by atoms with Crippen molar-refractivity contribution in [3.05, 3.63) is 23.8 Å². The molecular formula is C14H14N2O5. The minimum atomic E-state index is -0.806. The minimum Gasteiger partial charge on any atom is -0.454 e. The van der Waals surface area contributed by atoms with Gasteiger partial charge in [0.2, 0.25) is 13.4 Å². The van der Waals surface area contributed by atoms with Crippen LogP contribution in [0.2, 0.25) is 0 Å². The Morgan fingerprint density at radius 1 is 1.48 bits per heavy atom. The van der Waals surface area contributed by atoms with Gasteiger partial charge in [-0.15, -0.1) is 0 Å². The first kappa shape index (κ1) is 14.7. The Hall–Kier alpha value is -2.75. The summed E-state index contributed by atoms with van der Waals surface area (Å²) in [5.41, 5.74) is 1.37. The molecule has 7 nitrogen and oxygen atoms in total. The van der Waals surface area contributed by atoms with Gasteiger partial charge in [-0.05, 0) is 32.0 Å². The van der Waals surface area contributed by atoms with Crippen molar-refractivity contribution in [2.45, 2.75) is 20.0 Å². The number of carbonyl (C=O) groups excluding carboxylic acids is 1. The molecule has 0 fully saturated rings. The fourth-order valence-corrected chi connectivity index (χ4v) is 1.61. The van der Waals surface area contributed by atoms with Crippen molar-refractivity contribution in [2.24, 2.45) is 5.16 Å². The lowest BCUT2D eigenvalue weighted by molar-refractivity contribution is -0.151. The second-order valence-corrected chi connectivity index (χ2v) is 4.28. The molecule has 0 saturated carbocycles. The lowest BCUT2D eigenvalue weighted by Crippen LogP contribution is -2.17. The molecule has 110 valence electrons. The first-order chi connectivity index (χ1) is 10.1. The van der Waals surface area contributed by atoms with Crippen LogP contribution in [-0.4, -0.2) is 31.2 Å². The first-order valence-corrected chi connectivity index (χ1v) is 6.26. The molecule has 7 heteroatoms. The third-order valence-electron chi connectivity index (χ3n) is 2.66. The average Bonchev–Trinajstić information content (AvgIpc) is 2.94. The molecule has 0 aliphatic carbocycles. The van der Waals surface area contributed by atoms with Gasteiger partial charge in [0.15, 0.2) is 17.6 Å². The van der Waals surface area contributed by atoms with E-state index in [9.17, 15) is 4.79 Å². The van der Waals surface area contributed by atoms with E-state index in [0.29, 0.717) is 17.2 Å². The third-order valence-corrected chi connectivity index (χ3v) is 2.66. The van der Waals surface area contributed by atoms with Gasteiger partial charge in [-0.3, -0.25) is 0 Å². The molecular weight excluding hydrogens is 276 g/mol. The van der Waals surface area contributed by atoms with Crippen LogP contribution < -0.4 is 9.47 Å². The first-order valence-electron chi connectivity index (χ1n) is 6.26. The van der Waals surface area contributed by atoms with Gasteiger partial charge in [-0.1, -0.05) is 5.16 Å². The van der Waals surface area contributed by atoms with E-state index in [1.165, 1.54) is 6.92 Å². The molecule has 1 heterocycles. The zero-order chi connectivity index (χ0) is 15.2. The largest absolute Gasteiger partial charge is 0.454 e. The summed E-state index contributed by atoms with van der Waals surface area (Å²) in [7, 11) is 0. The Morgan fingerprint density at radius 3 is 3.00 bits per heavy atom. The van der Waals surface area contributed by atoms with E-state index < -0.39 is 12.1 Å². The molecule has 0 spiro atoms. The molecule has 0 radical (unpaired) electrons. The number of nitrogens with zero attached hydrogens (tertiary/aromatic N) is 2. The van der Waals surface area contributed by atoms with Gasteiger partial charge in [0, 0.05) is 5.56 Å². The Morgan fingerprint density at radius 2 is 2.24 bits per heavy atom.